The number of aromatic nitrogens is 3. The van der Waals surface area contributed by atoms with Crippen molar-refractivity contribution in [3.05, 3.63) is 41.1 Å². The average molecular weight is 292 g/mol. The molecule has 0 aliphatic heterocycles. The summed E-state index contributed by atoms with van der Waals surface area (Å²) in [5.74, 6) is 0.620. The number of nitrogens with two attached hydrogens (primary N) is 1. The van der Waals surface area contributed by atoms with E-state index in [-0.39, 0.29) is 17.3 Å². The molecule has 0 saturated heterocycles. The minimum Gasteiger partial charge on any atom is -0.396 e. The number of hydrogen-bond donors (Lipinski definition) is 2. The van der Waals surface area contributed by atoms with Crippen LogP contribution in [-0.2, 0) is 0 Å². The van der Waals surface area contributed by atoms with Gasteiger partial charge in [-0.3, -0.25) is 4.79 Å². The van der Waals surface area contributed by atoms with Gasteiger partial charge in [0.05, 0.1) is 16.9 Å². The third kappa shape index (κ3) is 3.21. The van der Waals surface area contributed by atoms with Crippen molar-refractivity contribution in [2.24, 2.45) is 0 Å². The molecule has 1 amide bonds. The second kappa shape index (κ2) is 5.83. The van der Waals surface area contributed by atoms with Gasteiger partial charge in [0.1, 0.15) is 11.6 Å². The molecule has 0 atom stereocenters. The Hall–Kier alpha value is -2.21. The van der Waals surface area contributed by atoms with Gasteiger partial charge in [-0.1, -0.05) is 25.4 Å². The molecule has 0 unspecified atom stereocenters. The Labute approximate surface area is 121 Å². The van der Waals surface area contributed by atoms with Crippen molar-refractivity contribution >= 4 is 29.0 Å². The number of anilines is 2. The minimum absolute atomic E-state index is 0.107. The van der Waals surface area contributed by atoms with E-state index in [9.17, 15) is 4.79 Å². The van der Waals surface area contributed by atoms with Crippen molar-refractivity contribution < 1.29 is 4.79 Å². The van der Waals surface area contributed by atoms with Crippen molar-refractivity contribution in [2.45, 2.75) is 19.8 Å². The fraction of sp³-hybridized carbons (Fsp3) is 0.231. The molecule has 2 aromatic heterocycles. The zero-order valence-electron chi connectivity index (χ0n) is 11.1. The SMILES string of the molecule is CC(C)c1ncc(N)c(C(=O)Nc2ccc(Cl)cn2)n1. The highest BCUT2D eigenvalue weighted by Crippen LogP contribution is 2.15. The predicted molar refractivity (Wildman–Crippen MR) is 77.7 cm³/mol. The summed E-state index contributed by atoms with van der Waals surface area (Å²) in [4.78, 5) is 24.4. The second-order valence-corrected chi connectivity index (χ2v) is 4.94. The summed E-state index contributed by atoms with van der Waals surface area (Å²) in [7, 11) is 0. The molecule has 0 spiro atoms. The van der Waals surface area contributed by atoms with Crippen molar-refractivity contribution in [3.63, 3.8) is 0 Å². The summed E-state index contributed by atoms with van der Waals surface area (Å²) < 4.78 is 0. The van der Waals surface area contributed by atoms with Crippen LogP contribution in [0.1, 0.15) is 36.1 Å². The van der Waals surface area contributed by atoms with Gasteiger partial charge >= 0.3 is 0 Å². The second-order valence-electron chi connectivity index (χ2n) is 4.50. The van der Waals surface area contributed by atoms with Crippen LogP contribution in [0, 0.1) is 0 Å². The number of hydrogen-bond acceptors (Lipinski definition) is 5. The van der Waals surface area contributed by atoms with Gasteiger partial charge in [-0.2, -0.15) is 0 Å². The molecule has 2 heterocycles. The van der Waals surface area contributed by atoms with Crippen LogP contribution in [0.3, 0.4) is 0 Å². The molecule has 0 aromatic carbocycles. The summed E-state index contributed by atoms with van der Waals surface area (Å²) in [6.07, 6.45) is 2.88. The van der Waals surface area contributed by atoms with Crippen LogP contribution in [0.5, 0.6) is 0 Å². The Morgan fingerprint density at radius 2 is 2.05 bits per heavy atom. The number of rotatable bonds is 3. The lowest BCUT2D eigenvalue weighted by atomic mass is 10.2. The Bertz CT molecular complexity index is 627. The van der Waals surface area contributed by atoms with E-state index in [1.807, 2.05) is 13.8 Å². The zero-order chi connectivity index (χ0) is 14.7. The van der Waals surface area contributed by atoms with Gasteiger partial charge in [0.2, 0.25) is 0 Å². The molecule has 0 radical (unpaired) electrons. The molecule has 0 aliphatic rings. The van der Waals surface area contributed by atoms with Gasteiger partial charge in [0.15, 0.2) is 5.69 Å². The summed E-state index contributed by atoms with van der Waals surface area (Å²) >= 11 is 5.73. The van der Waals surface area contributed by atoms with Crippen LogP contribution in [0.25, 0.3) is 0 Å². The van der Waals surface area contributed by atoms with Gasteiger partial charge in [0.25, 0.3) is 5.91 Å². The lowest BCUT2D eigenvalue weighted by Crippen LogP contribution is -2.18. The number of nitrogens with zero attached hydrogens (tertiary/aromatic N) is 3. The first kappa shape index (κ1) is 14.2. The van der Waals surface area contributed by atoms with Crippen LogP contribution >= 0.6 is 11.6 Å². The molecule has 0 aliphatic carbocycles. The van der Waals surface area contributed by atoms with E-state index in [1.165, 1.54) is 12.4 Å². The van der Waals surface area contributed by atoms with Gasteiger partial charge in [0, 0.05) is 12.1 Å². The maximum atomic E-state index is 12.1. The third-order valence-corrected chi connectivity index (χ3v) is 2.76. The zero-order valence-corrected chi connectivity index (χ0v) is 11.8. The number of nitrogens with one attached hydrogen (secondary N) is 1. The molecule has 2 aromatic rings. The molecular weight excluding hydrogens is 278 g/mol. The van der Waals surface area contributed by atoms with Crippen LogP contribution in [0.4, 0.5) is 11.5 Å². The first-order chi connectivity index (χ1) is 9.47. The molecule has 0 fully saturated rings. The maximum Gasteiger partial charge on any atom is 0.277 e. The van der Waals surface area contributed by atoms with E-state index in [0.717, 1.165) is 0 Å². The number of carbonyl (C=O) groups is 1. The lowest BCUT2D eigenvalue weighted by Gasteiger charge is -2.09. The molecule has 104 valence electrons. The highest BCUT2D eigenvalue weighted by Gasteiger charge is 2.15. The molecule has 7 heteroatoms. The van der Waals surface area contributed by atoms with E-state index in [1.54, 1.807) is 12.1 Å². The Morgan fingerprint density at radius 3 is 2.65 bits per heavy atom. The summed E-state index contributed by atoms with van der Waals surface area (Å²) in [6.45, 7) is 3.88. The normalized spacial score (nSPS) is 10.6. The third-order valence-electron chi connectivity index (χ3n) is 2.54. The number of amides is 1. The number of nitrogen functional groups attached to an aromatic ring is 1. The van der Waals surface area contributed by atoms with Crippen molar-refractivity contribution in [3.8, 4) is 0 Å². The largest absolute Gasteiger partial charge is 0.396 e. The topological polar surface area (TPSA) is 93.8 Å². The van der Waals surface area contributed by atoms with E-state index < -0.39 is 5.91 Å². The number of halogens is 1. The van der Waals surface area contributed by atoms with Crippen LogP contribution in [0.15, 0.2) is 24.5 Å². The van der Waals surface area contributed by atoms with E-state index in [2.05, 4.69) is 20.3 Å². The van der Waals surface area contributed by atoms with Crippen molar-refractivity contribution in [2.75, 3.05) is 11.1 Å². The fourth-order valence-corrected chi connectivity index (χ4v) is 1.60. The van der Waals surface area contributed by atoms with Gasteiger partial charge in [-0.25, -0.2) is 15.0 Å². The maximum absolute atomic E-state index is 12.1. The first-order valence-electron chi connectivity index (χ1n) is 6.02. The summed E-state index contributed by atoms with van der Waals surface area (Å²) in [6, 6.07) is 3.23. The molecule has 20 heavy (non-hydrogen) atoms. The van der Waals surface area contributed by atoms with E-state index in [0.29, 0.717) is 16.7 Å². The fourth-order valence-electron chi connectivity index (χ4n) is 1.49. The minimum atomic E-state index is -0.429. The van der Waals surface area contributed by atoms with Gasteiger partial charge < -0.3 is 11.1 Å². The first-order valence-corrected chi connectivity index (χ1v) is 6.40. The monoisotopic (exact) mass is 291 g/mol. The highest BCUT2D eigenvalue weighted by molar-refractivity contribution is 6.30. The molecular formula is C13H14ClN5O. The van der Waals surface area contributed by atoms with Crippen LogP contribution in [-0.4, -0.2) is 20.9 Å². The number of pyridine rings is 1. The molecule has 0 bridgehead atoms. The average Bonchev–Trinajstić information content (AvgIpc) is 2.41. The standard InChI is InChI=1S/C13H14ClN5O/c1-7(2)12-17-6-9(15)11(19-12)13(20)18-10-4-3-8(14)5-16-10/h3-7H,15H2,1-2H3,(H,16,18,20). The molecule has 2 rings (SSSR count). The van der Waals surface area contributed by atoms with Crippen molar-refractivity contribution in [1.29, 1.82) is 0 Å². The Balaban J connectivity index is 2.24. The molecule has 0 saturated carbocycles. The number of carbonyl (C=O) groups excluding carboxylic acids is 1. The quantitative estimate of drug-likeness (QED) is 0.906. The smallest absolute Gasteiger partial charge is 0.277 e. The van der Waals surface area contributed by atoms with Crippen molar-refractivity contribution in [1.82, 2.24) is 15.0 Å². The summed E-state index contributed by atoms with van der Waals surface area (Å²) in [5, 5.41) is 3.11. The van der Waals surface area contributed by atoms with Gasteiger partial charge in [-0.05, 0) is 12.1 Å². The Kier molecular flexibility index (Phi) is 4.14. The highest BCUT2D eigenvalue weighted by atomic mass is 35.5. The lowest BCUT2D eigenvalue weighted by molar-refractivity contribution is 0.102. The molecule has 3 N–H and O–H groups in total. The summed E-state index contributed by atoms with van der Waals surface area (Å²) in [5.41, 5.74) is 6.10. The Morgan fingerprint density at radius 1 is 1.30 bits per heavy atom. The van der Waals surface area contributed by atoms with E-state index in [4.69, 9.17) is 17.3 Å². The van der Waals surface area contributed by atoms with Crippen LogP contribution in [0.2, 0.25) is 5.02 Å². The van der Waals surface area contributed by atoms with Crippen LogP contribution < -0.4 is 11.1 Å². The molecule has 6 nitrogen and oxygen atoms in total. The predicted octanol–water partition coefficient (Wildman–Crippen LogP) is 2.48. The van der Waals surface area contributed by atoms with E-state index >= 15 is 0 Å². The van der Waals surface area contributed by atoms with Gasteiger partial charge in [-0.15, -0.1) is 0 Å².